The molecule has 0 bridgehead atoms. The van der Waals surface area contributed by atoms with Gasteiger partial charge in [-0.05, 0) is 6.42 Å². The molecule has 1 amide bonds. The first-order valence-corrected chi connectivity index (χ1v) is 5.33. The first kappa shape index (κ1) is 13.9. The molecular weight excluding hydrogens is 196 g/mol. The normalized spacial score (nSPS) is 12.1. The van der Waals surface area contributed by atoms with Crippen LogP contribution in [0.25, 0.3) is 0 Å². The van der Waals surface area contributed by atoms with Crippen LogP contribution < -0.4 is 11.1 Å². The SMILES string of the molecule is CCCCCCNC(=O)C[C@H](N)C(=O)O. The number of carbonyl (C=O) groups is 2. The van der Waals surface area contributed by atoms with E-state index in [2.05, 4.69) is 12.2 Å². The zero-order valence-corrected chi connectivity index (χ0v) is 9.16. The highest BCUT2D eigenvalue weighted by Gasteiger charge is 2.15. The Labute approximate surface area is 90.0 Å². The van der Waals surface area contributed by atoms with E-state index in [1.54, 1.807) is 0 Å². The van der Waals surface area contributed by atoms with Gasteiger partial charge < -0.3 is 16.2 Å². The first-order valence-electron chi connectivity index (χ1n) is 5.33. The number of unbranched alkanes of at least 4 members (excludes halogenated alkanes) is 3. The molecule has 1 atom stereocenters. The highest BCUT2D eigenvalue weighted by molar-refractivity contribution is 5.84. The fraction of sp³-hybridized carbons (Fsp3) is 0.800. The van der Waals surface area contributed by atoms with Crippen molar-refractivity contribution in [1.82, 2.24) is 5.32 Å². The summed E-state index contributed by atoms with van der Waals surface area (Å²) in [5.74, 6) is -1.43. The van der Waals surface area contributed by atoms with Crippen molar-refractivity contribution >= 4 is 11.9 Å². The molecule has 0 saturated heterocycles. The van der Waals surface area contributed by atoms with Crippen LogP contribution >= 0.6 is 0 Å². The van der Waals surface area contributed by atoms with Crippen LogP contribution in [0.4, 0.5) is 0 Å². The Balaban J connectivity index is 3.45. The molecule has 4 N–H and O–H groups in total. The Bertz CT molecular complexity index is 207. The van der Waals surface area contributed by atoms with Crippen molar-refractivity contribution in [1.29, 1.82) is 0 Å². The number of amides is 1. The molecule has 0 fully saturated rings. The average Bonchev–Trinajstić information content (AvgIpc) is 2.17. The van der Waals surface area contributed by atoms with Gasteiger partial charge in [0.25, 0.3) is 0 Å². The molecule has 0 aliphatic heterocycles. The van der Waals surface area contributed by atoms with Crippen LogP contribution in [0.3, 0.4) is 0 Å². The summed E-state index contributed by atoms with van der Waals surface area (Å²) in [5, 5.41) is 11.1. The van der Waals surface area contributed by atoms with Crippen molar-refractivity contribution in [2.45, 2.75) is 45.1 Å². The van der Waals surface area contributed by atoms with Gasteiger partial charge in [-0.3, -0.25) is 9.59 Å². The van der Waals surface area contributed by atoms with Crippen LogP contribution in [0, 0.1) is 0 Å². The molecule has 0 aliphatic rings. The predicted octanol–water partition coefficient (Wildman–Crippen LogP) is 0.485. The van der Waals surface area contributed by atoms with Gasteiger partial charge >= 0.3 is 5.97 Å². The van der Waals surface area contributed by atoms with Gasteiger partial charge in [0.15, 0.2) is 0 Å². The van der Waals surface area contributed by atoms with Crippen molar-refractivity contribution in [2.75, 3.05) is 6.54 Å². The summed E-state index contributed by atoms with van der Waals surface area (Å²) in [4.78, 5) is 21.5. The molecule has 0 aromatic rings. The summed E-state index contributed by atoms with van der Waals surface area (Å²) < 4.78 is 0. The van der Waals surface area contributed by atoms with E-state index in [0.29, 0.717) is 6.54 Å². The van der Waals surface area contributed by atoms with Gasteiger partial charge in [-0.15, -0.1) is 0 Å². The lowest BCUT2D eigenvalue weighted by molar-refractivity contribution is -0.140. The van der Waals surface area contributed by atoms with Gasteiger partial charge in [0, 0.05) is 6.54 Å². The van der Waals surface area contributed by atoms with Crippen molar-refractivity contribution in [3.63, 3.8) is 0 Å². The number of rotatable bonds is 8. The molecule has 0 aromatic heterocycles. The van der Waals surface area contributed by atoms with Crippen molar-refractivity contribution in [2.24, 2.45) is 5.73 Å². The summed E-state index contributed by atoms with van der Waals surface area (Å²) in [7, 11) is 0. The van der Waals surface area contributed by atoms with Crippen LogP contribution in [-0.4, -0.2) is 29.6 Å². The van der Waals surface area contributed by atoms with E-state index in [4.69, 9.17) is 10.8 Å². The number of hydrogen-bond donors (Lipinski definition) is 3. The Hall–Kier alpha value is -1.10. The molecular formula is C10H20N2O3. The van der Waals surface area contributed by atoms with E-state index in [-0.39, 0.29) is 12.3 Å². The van der Waals surface area contributed by atoms with Crippen LogP contribution in [0.15, 0.2) is 0 Å². The van der Waals surface area contributed by atoms with Crippen molar-refractivity contribution in [3.05, 3.63) is 0 Å². The second-order valence-electron chi connectivity index (χ2n) is 3.56. The van der Waals surface area contributed by atoms with Gasteiger partial charge in [-0.25, -0.2) is 0 Å². The Morgan fingerprint density at radius 3 is 2.53 bits per heavy atom. The quantitative estimate of drug-likeness (QED) is 0.515. The van der Waals surface area contributed by atoms with Crippen LogP contribution in [0.1, 0.15) is 39.0 Å². The van der Waals surface area contributed by atoms with E-state index in [9.17, 15) is 9.59 Å². The maximum absolute atomic E-state index is 11.1. The molecule has 5 nitrogen and oxygen atoms in total. The van der Waals surface area contributed by atoms with Crippen molar-refractivity contribution < 1.29 is 14.7 Å². The van der Waals surface area contributed by atoms with Gasteiger partial charge in [0.2, 0.25) is 5.91 Å². The summed E-state index contributed by atoms with van der Waals surface area (Å²) in [6.45, 7) is 2.72. The maximum atomic E-state index is 11.1. The van der Waals surface area contributed by atoms with Crippen LogP contribution in [-0.2, 0) is 9.59 Å². The zero-order chi connectivity index (χ0) is 11.7. The highest BCUT2D eigenvalue weighted by atomic mass is 16.4. The number of aliphatic carboxylic acids is 1. The minimum atomic E-state index is -1.14. The lowest BCUT2D eigenvalue weighted by atomic mass is 10.2. The van der Waals surface area contributed by atoms with Gasteiger partial charge in [0.05, 0.1) is 6.42 Å². The molecule has 0 heterocycles. The van der Waals surface area contributed by atoms with Gasteiger partial charge in [-0.1, -0.05) is 26.2 Å². The monoisotopic (exact) mass is 216 g/mol. The Morgan fingerprint density at radius 1 is 1.33 bits per heavy atom. The number of hydrogen-bond acceptors (Lipinski definition) is 3. The number of nitrogens with one attached hydrogen (secondary N) is 1. The third-order valence-corrected chi connectivity index (χ3v) is 2.08. The predicted molar refractivity (Wildman–Crippen MR) is 57.4 cm³/mol. The average molecular weight is 216 g/mol. The fourth-order valence-corrected chi connectivity index (χ4v) is 1.14. The number of carboxylic acid groups (broad SMARTS) is 1. The molecule has 0 aromatic carbocycles. The molecule has 15 heavy (non-hydrogen) atoms. The third-order valence-electron chi connectivity index (χ3n) is 2.08. The van der Waals surface area contributed by atoms with Crippen LogP contribution in [0.5, 0.6) is 0 Å². The molecule has 0 radical (unpaired) electrons. The second-order valence-corrected chi connectivity index (χ2v) is 3.56. The molecule has 0 unspecified atom stereocenters. The number of carboxylic acids is 1. The largest absolute Gasteiger partial charge is 0.480 e. The minimum Gasteiger partial charge on any atom is -0.480 e. The Morgan fingerprint density at radius 2 is 2.00 bits per heavy atom. The Kier molecular flexibility index (Phi) is 7.62. The van der Waals surface area contributed by atoms with Crippen LogP contribution in [0.2, 0.25) is 0 Å². The zero-order valence-electron chi connectivity index (χ0n) is 9.16. The van der Waals surface area contributed by atoms with E-state index in [0.717, 1.165) is 25.7 Å². The van der Waals surface area contributed by atoms with Crippen molar-refractivity contribution in [3.8, 4) is 0 Å². The molecule has 5 heteroatoms. The molecule has 0 aliphatic carbocycles. The summed E-state index contributed by atoms with van der Waals surface area (Å²) in [6.07, 6.45) is 4.18. The third kappa shape index (κ3) is 7.93. The maximum Gasteiger partial charge on any atom is 0.321 e. The second kappa shape index (κ2) is 8.23. The minimum absolute atomic E-state index is 0.150. The summed E-state index contributed by atoms with van der Waals surface area (Å²) >= 11 is 0. The van der Waals surface area contributed by atoms with Gasteiger partial charge in [0.1, 0.15) is 6.04 Å². The van der Waals surface area contributed by atoms with E-state index >= 15 is 0 Å². The topological polar surface area (TPSA) is 92.4 Å². The lowest BCUT2D eigenvalue weighted by Gasteiger charge is -2.07. The molecule has 0 spiro atoms. The standard InChI is InChI=1S/C10H20N2O3/c1-2-3-4-5-6-12-9(13)7-8(11)10(14)15/h8H,2-7,11H2,1H3,(H,12,13)(H,14,15)/t8-/m0/s1. The van der Waals surface area contributed by atoms with Gasteiger partial charge in [-0.2, -0.15) is 0 Å². The summed E-state index contributed by atoms with van der Waals surface area (Å²) in [5.41, 5.74) is 5.21. The molecule has 88 valence electrons. The summed E-state index contributed by atoms with van der Waals surface area (Å²) in [6, 6.07) is -1.10. The van der Waals surface area contributed by atoms with E-state index < -0.39 is 12.0 Å². The molecule has 0 rings (SSSR count). The van der Waals surface area contributed by atoms with E-state index in [1.165, 1.54) is 0 Å². The highest BCUT2D eigenvalue weighted by Crippen LogP contribution is 1.97. The smallest absolute Gasteiger partial charge is 0.321 e. The van der Waals surface area contributed by atoms with E-state index in [1.807, 2.05) is 0 Å². The fourth-order valence-electron chi connectivity index (χ4n) is 1.14. The first-order chi connectivity index (χ1) is 7.07. The lowest BCUT2D eigenvalue weighted by Crippen LogP contribution is -2.37. The number of nitrogens with two attached hydrogens (primary N) is 1. The number of carbonyl (C=O) groups excluding carboxylic acids is 1. The molecule has 0 saturated carbocycles.